The average molecular weight is 1020 g/mol. The van der Waals surface area contributed by atoms with Gasteiger partial charge in [-0.1, -0.05) is 172 Å². The second-order valence-corrected chi connectivity index (χ2v) is 21.9. The van der Waals surface area contributed by atoms with Gasteiger partial charge in [-0.3, -0.25) is 9.59 Å². The van der Waals surface area contributed by atoms with Crippen LogP contribution in [0.3, 0.4) is 0 Å². The third-order valence-electron chi connectivity index (χ3n) is 17.3. The number of amides is 1. The van der Waals surface area contributed by atoms with E-state index in [9.17, 15) is 14.7 Å². The molecule has 398 valence electrons. The number of likely N-dealkylation sites (N-methyl/N-ethyl adjacent to an activating group) is 1. The summed E-state index contributed by atoms with van der Waals surface area (Å²) in [6.45, 7) is 10.9. The number of likely N-dealkylation sites (tertiary alicyclic amines) is 2. The number of ether oxygens (including phenoxy) is 2. The third-order valence-corrected chi connectivity index (χ3v) is 17.3. The van der Waals surface area contributed by atoms with Crippen LogP contribution < -0.4 is 14.4 Å². The van der Waals surface area contributed by atoms with E-state index in [0.29, 0.717) is 43.5 Å². The number of para-hydroxylation sites is 1. The summed E-state index contributed by atoms with van der Waals surface area (Å²) in [5.41, 5.74) is 7.72. The highest BCUT2D eigenvalue weighted by atomic mass is 16.5. The molecule has 0 saturated carbocycles. The summed E-state index contributed by atoms with van der Waals surface area (Å²) in [6.07, 6.45) is 10.5. The lowest BCUT2D eigenvalue weighted by Crippen LogP contribution is -2.64. The Morgan fingerprint density at radius 1 is 0.750 bits per heavy atom. The molecule has 6 aromatic carbocycles. The van der Waals surface area contributed by atoms with Gasteiger partial charge in [-0.05, 0) is 119 Å². The molecule has 76 heavy (non-hydrogen) atoms. The van der Waals surface area contributed by atoms with E-state index in [4.69, 9.17) is 9.47 Å². The van der Waals surface area contributed by atoms with Crippen molar-refractivity contribution in [3.8, 4) is 11.5 Å². The van der Waals surface area contributed by atoms with E-state index in [1.54, 1.807) is 0 Å². The maximum Gasteiger partial charge on any atom is 0.226 e. The van der Waals surface area contributed by atoms with E-state index in [-0.39, 0.29) is 23.2 Å². The monoisotopic (exact) mass is 1020 g/mol. The quantitative estimate of drug-likeness (QED) is 0.0960. The molecule has 5 aliphatic rings. The van der Waals surface area contributed by atoms with Crippen LogP contribution in [0, 0.1) is 5.92 Å². The minimum atomic E-state index is -0.582. The molecule has 0 aromatic heterocycles. The first-order valence-corrected chi connectivity index (χ1v) is 28.0. The summed E-state index contributed by atoms with van der Waals surface area (Å²) in [7, 11) is 6.37. The lowest BCUT2D eigenvalue weighted by molar-refractivity contribution is -0.123. The maximum absolute atomic E-state index is 13.2. The lowest BCUT2D eigenvalue weighted by Gasteiger charge is -2.56. The van der Waals surface area contributed by atoms with Crippen LogP contribution in [0.15, 0.2) is 176 Å². The molecule has 9 nitrogen and oxygen atoms in total. The van der Waals surface area contributed by atoms with Gasteiger partial charge < -0.3 is 34.2 Å². The van der Waals surface area contributed by atoms with Gasteiger partial charge in [0.15, 0.2) is 11.5 Å². The van der Waals surface area contributed by atoms with Crippen molar-refractivity contribution in [2.24, 2.45) is 5.92 Å². The Balaban J connectivity index is 0.000000140. The summed E-state index contributed by atoms with van der Waals surface area (Å²) in [5.74, 6) is 2.57. The molecule has 11 rings (SSSR count). The van der Waals surface area contributed by atoms with Crippen molar-refractivity contribution >= 4 is 17.4 Å². The zero-order chi connectivity index (χ0) is 53.2. The highest BCUT2D eigenvalue weighted by Crippen LogP contribution is 2.62. The van der Waals surface area contributed by atoms with E-state index >= 15 is 0 Å². The molecule has 1 unspecified atom stereocenters. The number of carbonyl (C=O) groups excluding carboxylic acids is 2. The number of piperidine rings is 2. The van der Waals surface area contributed by atoms with Gasteiger partial charge in [0.2, 0.25) is 5.91 Å². The van der Waals surface area contributed by atoms with Gasteiger partial charge in [0.25, 0.3) is 0 Å². The number of rotatable bonds is 16. The summed E-state index contributed by atoms with van der Waals surface area (Å²) >= 11 is 0. The summed E-state index contributed by atoms with van der Waals surface area (Å²) in [5, 5.41) is 10.8. The topological polar surface area (TPSA) is 85.8 Å². The van der Waals surface area contributed by atoms with E-state index in [0.717, 1.165) is 98.6 Å². The van der Waals surface area contributed by atoms with E-state index in [1.807, 2.05) is 97.6 Å². The van der Waals surface area contributed by atoms with Crippen molar-refractivity contribution in [3.05, 3.63) is 209 Å². The SMILES string of the molecule is CCC(=O)C(CC(C)N(C)C)(c1ccccc1)c1ccccc1.CCC(=O)N(c1ccccc1)C1CCN(CCc2ccccc2)CC1.CN1CC[C@]23c4c5ccc(OCc6ccccc6)c4O[C@H]2[C@@H](O)C=C[C@H]3[C@H]1C5. The highest BCUT2D eigenvalue weighted by Gasteiger charge is 2.64. The molecule has 2 fully saturated rings. The highest BCUT2D eigenvalue weighted by molar-refractivity contribution is 5.94. The fourth-order valence-electron chi connectivity index (χ4n) is 12.9. The van der Waals surface area contributed by atoms with Crippen molar-refractivity contribution in [3.63, 3.8) is 0 Å². The van der Waals surface area contributed by atoms with E-state index in [1.165, 1.54) is 16.7 Å². The zero-order valence-corrected chi connectivity index (χ0v) is 45.8. The number of ketones is 1. The predicted octanol–water partition coefficient (Wildman–Crippen LogP) is 11.5. The summed E-state index contributed by atoms with van der Waals surface area (Å²) < 4.78 is 12.7. The first-order chi connectivity index (χ1) is 37.0. The molecular weight excluding hydrogens is 941 g/mol. The molecule has 9 heteroatoms. The Morgan fingerprint density at radius 3 is 1.91 bits per heavy atom. The number of carbonyl (C=O) groups is 2. The number of anilines is 1. The number of benzene rings is 6. The van der Waals surface area contributed by atoms with Crippen LogP contribution in [0.2, 0.25) is 0 Å². The smallest absolute Gasteiger partial charge is 0.226 e. The number of hydrogen-bond acceptors (Lipinski definition) is 8. The number of aliphatic hydroxyl groups excluding tert-OH is 1. The second kappa shape index (κ2) is 24.8. The fraction of sp³-hybridized carbons (Fsp3) is 0.403. The van der Waals surface area contributed by atoms with Gasteiger partial charge in [-0.25, -0.2) is 0 Å². The molecule has 1 spiro atoms. The summed E-state index contributed by atoms with van der Waals surface area (Å²) in [6, 6.07) is 56.8. The van der Waals surface area contributed by atoms with Gasteiger partial charge in [-0.15, -0.1) is 0 Å². The second-order valence-electron chi connectivity index (χ2n) is 21.9. The summed E-state index contributed by atoms with van der Waals surface area (Å²) in [4.78, 5) is 34.9. The van der Waals surface area contributed by atoms with Crippen LogP contribution in [0.4, 0.5) is 5.69 Å². The van der Waals surface area contributed by atoms with Gasteiger partial charge in [0.05, 0.1) is 5.41 Å². The first kappa shape index (κ1) is 54.4. The van der Waals surface area contributed by atoms with Crippen LogP contribution in [0.5, 0.6) is 11.5 Å². The number of Topliss-reactive ketones (excluding diaryl/α,β-unsaturated/α-hetero) is 1. The van der Waals surface area contributed by atoms with E-state index < -0.39 is 11.5 Å². The molecule has 3 heterocycles. The van der Waals surface area contributed by atoms with E-state index in [2.05, 4.69) is 140 Å². The van der Waals surface area contributed by atoms with Gasteiger partial charge in [0.1, 0.15) is 24.6 Å². The van der Waals surface area contributed by atoms with Crippen LogP contribution >= 0.6 is 0 Å². The zero-order valence-electron chi connectivity index (χ0n) is 45.8. The molecule has 3 aliphatic heterocycles. The predicted molar refractivity (Wildman–Crippen MR) is 307 cm³/mol. The average Bonchev–Trinajstić information content (AvgIpc) is 4.06. The van der Waals surface area contributed by atoms with Crippen molar-refractivity contribution in [2.45, 2.75) is 120 Å². The maximum atomic E-state index is 13.2. The first-order valence-electron chi connectivity index (χ1n) is 28.0. The van der Waals surface area contributed by atoms with Gasteiger partial charge in [0, 0.05) is 73.2 Å². The Morgan fingerprint density at radius 2 is 1.33 bits per heavy atom. The van der Waals surface area contributed by atoms with Gasteiger partial charge in [-0.2, -0.15) is 0 Å². The normalized spacial score (nSPS) is 21.9. The molecule has 6 aromatic rings. The molecule has 2 aliphatic carbocycles. The minimum Gasteiger partial charge on any atom is -0.485 e. The van der Waals surface area contributed by atoms with Crippen molar-refractivity contribution in [2.75, 3.05) is 52.2 Å². The number of nitrogens with zero attached hydrogens (tertiary/aromatic N) is 4. The van der Waals surface area contributed by atoms with Crippen molar-refractivity contribution in [1.82, 2.24) is 14.7 Å². The molecular formula is C67H80N4O5. The molecule has 6 atom stereocenters. The molecule has 1 amide bonds. The standard InChI is InChI=1S/C24H25NO3.C22H28N2O.C21H27NO/c1-25-12-11-24-17-8-9-19(26)23(24)28-22-20(27-14-15-5-3-2-4-6-15)10-7-16(21(22)24)13-18(17)25;1-2-22(25)24(20-11-7-4-8-12-20)21-14-17-23(18-15-21)16-13-19-9-5-3-6-10-19;1-5-20(23)21(16-17(2)22(3)4,18-12-8-6-9-13-18)19-14-10-7-11-15-19/h2-10,17-19,23,26H,11-14H2,1H3;3-12,21H,2,13-18H2,1H3;6-15,17H,5,16H2,1-4H3/t17-,18+,19-,23-,24-;;/m0../s1. The van der Waals surface area contributed by atoms with Crippen molar-refractivity contribution < 1.29 is 24.2 Å². The number of hydrogen-bond donors (Lipinski definition) is 1. The van der Waals surface area contributed by atoms with Crippen LogP contribution in [-0.2, 0) is 39.9 Å². The molecule has 2 saturated heterocycles. The van der Waals surface area contributed by atoms with Crippen LogP contribution in [0.1, 0.15) is 92.7 Å². The van der Waals surface area contributed by atoms with Crippen molar-refractivity contribution in [1.29, 1.82) is 0 Å². The molecule has 0 radical (unpaired) electrons. The lowest BCUT2D eigenvalue weighted by atomic mass is 9.53. The Kier molecular flexibility index (Phi) is 17.7. The Hall–Kier alpha value is -6.36. The molecule has 1 N–H and O–H groups in total. The van der Waals surface area contributed by atoms with Crippen LogP contribution in [0.25, 0.3) is 0 Å². The largest absolute Gasteiger partial charge is 0.485 e. The third kappa shape index (κ3) is 11.4. The fourth-order valence-corrected chi connectivity index (χ4v) is 12.9. The molecule has 2 bridgehead atoms. The Labute approximate surface area is 453 Å². The Bertz CT molecular complexity index is 2800. The van der Waals surface area contributed by atoms with Gasteiger partial charge >= 0.3 is 0 Å². The minimum absolute atomic E-state index is 0.125. The number of aliphatic hydroxyl groups is 1. The van der Waals surface area contributed by atoms with Crippen LogP contribution in [-0.4, -0.2) is 109 Å².